The van der Waals surface area contributed by atoms with Gasteiger partial charge in [0, 0.05) is 18.4 Å². The largest absolute Gasteiger partial charge is 0.494 e. The minimum absolute atomic E-state index is 0.00242. The normalized spacial score (nSPS) is 10.4. The fourth-order valence-corrected chi connectivity index (χ4v) is 2.43. The van der Waals surface area contributed by atoms with E-state index >= 15 is 0 Å². The maximum absolute atomic E-state index is 13.5. The van der Waals surface area contributed by atoms with Crippen molar-refractivity contribution in [2.45, 2.75) is 39.0 Å². The third-order valence-electron chi connectivity index (χ3n) is 3.92. The van der Waals surface area contributed by atoms with Gasteiger partial charge in [-0.25, -0.2) is 4.39 Å². The third-order valence-corrected chi connectivity index (χ3v) is 3.92. The Morgan fingerprint density at radius 2 is 1.73 bits per heavy atom. The molecule has 138 valence electrons. The molecule has 0 spiro atoms. The zero-order valence-electron chi connectivity index (χ0n) is 15.0. The zero-order chi connectivity index (χ0) is 18.8. The molecule has 0 atom stereocenters. The molecule has 4 nitrogen and oxygen atoms in total. The lowest BCUT2D eigenvalue weighted by Gasteiger charge is -2.07. The van der Waals surface area contributed by atoms with E-state index in [9.17, 15) is 14.0 Å². The number of carbonyl (C=O) groups is 2. The molecule has 1 N–H and O–H groups in total. The highest BCUT2D eigenvalue weighted by atomic mass is 19.1. The van der Waals surface area contributed by atoms with Gasteiger partial charge in [0.2, 0.25) is 5.91 Å². The smallest absolute Gasteiger partial charge is 0.224 e. The molecule has 2 aromatic rings. The van der Waals surface area contributed by atoms with Crippen LogP contribution >= 0.6 is 0 Å². The molecule has 2 rings (SSSR count). The molecular formula is C21H24FNO3. The Kier molecular flexibility index (Phi) is 7.80. The van der Waals surface area contributed by atoms with Crippen LogP contribution in [0.15, 0.2) is 48.5 Å². The Morgan fingerprint density at radius 1 is 1.00 bits per heavy atom. The number of carbonyl (C=O) groups excluding carboxylic acids is 2. The van der Waals surface area contributed by atoms with Crippen LogP contribution in [0.2, 0.25) is 0 Å². The van der Waals surface area contributed by atoms with Crippen molar-refractivity contribution in [2.24, 2.45) is 0 Å². The number of halogens is 1. The highest BCUT2D eigenvalue weighted by Gasteiger charge is 2.11. The van der Waals surface area contributed by atoms with Gasteiger partial charge in [-0.2, -0.15) is 0 Å². The van der Waals surface area contributed by atoms with E-state index in [1.54, 1.807) is 36.4 Å². The molecule has 0 fully saturated rings. The molecule has 0 saturated carbocycles. The second kappa shape index (κ2) is 10.3. The molecule has 0 radical (unpaired) electrons. The Morgan fingerprint density at radius 3 is 2.42 bits per heavy atom. The number of amides is 1. The summed E-state index contributed by atoms with van der Waals surface area (Å²) in [7, 11) is 0. The van der Waals surface area contributed by atoms with E-state index in [4.69, 9.17) is 4.74 Å². The summed E-state index contributed by atoms with van der Waals surface area (Å²) in [4.78, 5) is 24.1. The van der Waals surface area contributed by atoms with Crippen LogP contribution in [-0.4, -0.2) is 18.3 Å². The molecule has 1 amide bonds. The summed E-state index contributed by atoms with van der Waals surface area (Å²) in [5.74, 6) is -0.290. The Labute approximate surface area is 153 Å². The number of unbranched alkanes of at least 4 members (excludes halogenated alkanes) is 2. The van der Waals surface area contributed by atoms with Crippen LogP contribution in [0.3, 0.4) is 0 Å². The Bertz CT molecular complexity index is 728. The van der Waals surface area contributed by atoms with E-state index < -0.39 is 5.82 Å². The van der Waals surface area contributed by atoms with Crippen LogP contribution < -0.4 is 10.1 Å². The fourth-order valence-electron chi connectivity index (χ4n) is 2.43. The van der Waals surface area contributed by atoms with Gasteiger partial charge < -0.3 is 10.1 Å². The van der Waals surface area contributed by atoms with Crippen molar-refractivity contribution in [3.8, 4) is 5.75 Å². The number of para-hydroxylation sites is 1. The molecule has 5 heteroatoms. The fraction of sp³-hybridized carbons (Fsp3) is 0.333. The topological polar surface area (TPSA) is 55.4 Å². The standard InChI is InChI=1S/C21H24FNO3/c1-2-3-6-15-26-17-11-9-16(10-12-17)20(24)13-14-21(25)23-19-8-5-4-7-18(19)22/h4-5,7-12H,2-3,6,13-15H2,1H3,(H,23,25). The number of benzene rings is 2. The quantitative estimate of drug-likeness (QED) is 0.481. The zero-order valence-corrected chi connectivity index (χ0v) is 15.0. The molecule has 0 saturated heterocycles. The summed E-state index contributed by atoms with van der Waals surface area (Å²) < 4.78 is 19.1. The summed E-state index contributed by atoms with van der Waals surface area (Å²) in [5.41, 5.74) is 0.652. The maximum atomic E-state index is 13.5. The van der Waals surface area contributed by atoms with Crippen LogP contribution in [0, 0.1) is 5.82 Å². The third kappa shape index (κ3) is 6.31. The van der Waals surface area contributed by atoms with Crippen LogP contribution in [0.25, 0.3) is 0 Å². The van der Waals surface area contributed by atoms with Crippen molar-refractivity contribution >= 4 is 17.4 Å². The van der Waals surface area contributed by atoms with E-state index in [0.717, 1.165) is 25.0 Å². The second-order valence-corrected chi connectivity index (χ2v) is 6.03. The number of ether oxygens (including phenoxy) is 1. The van der Waals surface area contributed by atoms with Gasteiger partial charge in [0.05, 0.1) is 12.3 Å². The molecule has 26 heavy (non-hydrogen) atoms. The van der Waals surface area contributed by atoms with Gasteiger partial charge in [-0.1, -0.05) is 31.9 Å². The number of rotatable bonds is 10. The molecule has 0 unspecified atom stereocenters. The first-order chi connectivity index (χ1) is 12.6. The number of ketones is 1. The van der Waals surface area contributed by atoms with E-state index in [-0.39, 0.29) is 30.2 Å². The van der Waals surface area contributed by atoms with Crippen molar-refractivity contribution in [2.75, 3.05) is 11.9 Å². The van der Waals surface area contributed by atoms with E-state index in [1.807, 2.05) is 0 Å². The van der Waals surface area contributed by atoms with Crippen molar-refractivity contribution in [1.82, 2.24) is 0 Å². The lowest BCUT2D eigenvalue weighted by atomic mass is 10.1. The molecule has 0 aliphatic carbocycles. The predicted molar refractivity (Wildman–Crippen MR) is 100 cm³/mol. The average molecular weight is 357 g/mol. The van der Waals surface area contributed by atoms with E-state index in [0.29, 0.717) is 12.2 Å². The van der Waals surface area contributed by atoms with Gasteiger partial charge >= 0.3 is 0 Å². The predicted octanol–water partition coefficient (Wildman–Crippen LogP) is 5.00. The van der Waals surface area contributed by atoms with E-state index in [1.165, 1.54) is 12.1 Å². The summed E-state index contributed by atoms with van der Waals surface area (Å²) in [6.07, 6.45) is 3.35. The van der Waals surface area contributed by atoms with Crippen molar-refractivity contribution in [3.05, 3.63) is 59.9 Å². The van der Waals surface area contributed by atoms with E-state index in [2.05, 4.69) is 12.2 Å². The molecule has 2 aromatic carbocycles. The van der Waals surface area contributed by atoms with Crippen molar-refractivity contribution in [1.29, 1.82) is 0 Å². The second-order valence-electron chi connectivity index (χ2n) is 6.03. The Hall–Kier alpha value is -2.69. The number of nitrogens with one attached hydrogen (secondary N) is 1. The number of hydrogen-bond donors (Lipinski definition) is 1. The molecule has 0 aliphatic rings. The summed E-state index contributed by atoms with van der Waals surface area (Å²) >= 11 is 0. The van der Waals surface area contributed by atoms with Crippen LogP contribution in [0.5, 0.6) is 5.75 Å². The molecular weight excluding hydrogens is 333 g/mol. The Balaban J connectivity index is 1.78. The minimum Gasteiger partial charge on any atom is -0.494 e. The summed E-state index contributed by atoms with van der Waals surface area (Å²) in [6, 6.07) is 12.9. The highest BCUT2D eigenvalue weighted by Crippen LogP contribution is 2.16. The number of hydrogen-bond acceptors (Lipinski definition) is 3. The average Bonchev–Trinajstić information content (AvgIpc) is 2.66. The molecule has 0 bridgehead atoms. The van der Waals surface area contributed by atoms with Gasteiger partial charge in [0.15, 0.2) is 5.78 Å². The van der Waals surface area contributed by atoms with Crippen molar-refractivity contribution in [3.63, 3.8) is 0 Å². The number of anilines is 1. The van der Waals surface area contributed by atoms with Gasteiger partial charge in [-0.05, 0) is 42.8 Å². The first-order valence-corrected chi connectivity index (χ1v) is 8.90. The molecule has 0 aliphatic heterocycles. The van der Waals surface area contributed by atoms with Crippen LogP contribution in [0.1, 0.15) is 49.4 Å². The lowest BCUT2D eigenvalue weighted by molar-refractivity contribution is -0.116. The van der Waals surface area contributed by atoms with Crippen LogP contribution in [0.4, 0.5) is 10.1 Å². The summed E-state index contributed by atoms with van der Waals surface area (Å²) in [6.45, 7) is 2.80. The SMILES string of the molecule is CCCCCOc1ccc(C(=O)CCC(=O)Nc2ccccc2F)cc1. The van der Waals surface area contributed by atoms with Gasteiger partial charge in [-0.15, -0.1) is 0 Å². The number of Topliss-reactive ketones (excluding diaryl/α,β-unsaturated/α-hetero) is 1. The van der Waals surface area contributed by atoms with Crippen molar-refractivity contribution < 1.29 is 18.7 Å². The van der Waals surface area contributed by atoms with Gasteiger partial charge in [-0.3, -0.25) is 9.59 Å². The lowest BCUT2D eigenvalue weighted by Crippen LogP contribution is -2.14. The minimum atomic E-state index is -0.498. The van der Waals surface area contributed by atoms with Gasteiger partial charge in [0.1, 0.15) is 11.6 Å². The first kappa shape index (κ1) is 19.6. The monoisotopic (exact) mass is 357 g/mol. The van der Waals surface area contributed by atoms with Gasteiger partial charge in [0.25, 0.3) is 0 Å². The highest BCUT2D eigenvalue weighted by molar-refractivity contribution is 6.00. The maximum Gasteiger partial charge on any atom is 0.224 e. The molecule has 0 aromatic heterocycles. The molecule has 0 heterocycles. The summed E-state index contributed by atoms with van der Waals surface area (Å²) in [5, 5.41) is 2.47. The van der Waals surface area contributed by atoms with Crippen LogP contribution in [-0.2, 0) is 4.79 Å². The first-order valence-electron chi connectivity index (χ1n) is 8.90.